The molecule has 0 radical (unpaired) electrons. The third-order valence-corrected chi connectivity index (χ3v) is 7.69. The molecule has 1 saturated heterocycles. The number of rotatable bonds is 12. The van der Waals surface area contributed by atoms with Crippen LogP contribution >= 0.6 is 11.8 Å². The summed E-state index contributed by atoms with van der Waals surface area (Å²) < 4.78 is 19.1. The first-order valence-electron chi connectivity index (χ1n) is 13.6. The highest BCUT2D eigenvalue weighted by Crippen LogP contribution is 2.39. The molecule has 7 nitrogen and oxygen atoms in total. The molecule has 0 bridgehead atoms. The van der Waals surface area contributed by atoms with E-state index < -0.39 is 6.29 Å². The molecule has 4 aromatic carbocycles. The molecule has 8 heteroatoms. The van der Waals surface area contributed by atoms with Crippen molar-refractivity contribution in [3.63, 3.8) is 0 Å². The van der Waals surface area contributed by atoms with Crippen LogP contribution in [0.1, 0.15) is 41.1 Å². The number of benzene rings is 4. The number of carbonyl (C=O) groups is 1. The lowest BCUT2D eigenvalue weighted by molar-refractivity contribution is -0.245. The van der Waals surface area contributed by atoms with Gasteiger partial charge in [-0.15, -0.1) is 11.8 Å². The molecule has 3 unspecified atom stereocenters. The Bertz CT molecular complexity index is 1480. The van der Waals surface area contributed by atoms with E-state index in [4.69, 9.17) is 14.2 Å². The Labute approximate surface area is 249 Å². The van der Waals surface area contributed by atoms with E-state index in [9.17, 15) is 9.90 Å². The van der Waals surface area contributed by atoms with Crippen molar-refractivity contribution in [2.45, 2.75) is 24.9 Å². The smallest absolute Gasteiger partial charge is 0.211 e. The number of aliphatic imine (C=N–C) groups is 1. The Morgan fingerprint density at radius 3 is 2.19 bits per heavy atom. The summed E-state index contributed by atoms with van der Waals surface area (Å²) in [6.07, 6.45) is 0.343. The molecular formula is C34H32N2O5S. The second-order valence-electron chi connectivity index (χ2n) is 9.63. The van der Waals surface area contributed by atoms with Crippen LogP contribution in [0.2, 0.25) is 0 Å². The number of phenolic OH excluding ortho intramolecular Hbond substituents is 1. The van der Waals surface area contributed by atoms with Crippen LogP contribution in [-0.2, 0) is 19.0 Å². The van der Waals surface area contributed by atoms with Crippen molar-refractivity contribution in [2.24, 2.45) is 4.99 Å². The van der Waals surface area contributed by atoms with Gasteiger partial charge in [0.15, 0.2) is 12.0 Å². The van der Waals surface area contributed by atoms with Crippen molar-refractivity contribution in [3.8, 4) is 5.75 Å². The fraction of sp³-hybridized carbons (Fsp3) is 0.176. The predicted molar refractivity (Wildman–Crippen MR) is 168 cm³/mol. The molecule has 5 rings (SSSR count). The van der Waals surface area contributed by atoms with Gasteiger partial charge < -0.3 is 24.6 Å². The Morgan fingerprint density at radius 2 is 1.55 bits per heavy atom. The van der Waals surface area contributed by atoms with Gasteiger partial charge in [0.2, 0.25) is 6.41 Å². The summed E-state index contributed by atoms with van der Waals surface area (Å²) in [5, 5.41) is 12.4. The number of ether oxygens (including phenoxy) is 3. The Hall–Kier alpha value is -4.37. The van der Waals surface area contributed by atoms with Crippen molar-refractivity contribution < 1.29 is 24.1 Å². The van der Waals surface area contributed by atoms with E-state index in [0.717, 1.165) is 22.3 Å². The number of nitrogens with one attached hydrogen (secondary N) is 1. The van der Waals surface area contributed by atoms with Crippen molar-refractivity contribution >= 4 is 42.0 Å². The first-order valence-corrected chi connectivity index (χ1v) is 14.7. The van der Waals surface area contributed by atoms with E-state index in [1.54, 1.807) is 23.9 Å². The van der Waals surface area contributed by atoms with Gasteiger partial charge in [-0.3, -0.25) is 9.79 Å². The SMILES string of the molecule is C=N/C(=C(\OCSCC1CC(c2ccc(O)cc2)OC(c2ccc(NC=O)cc2)O1)c1ccccc1)c1ccccc1. The molecule has 0 saturated carbocycles. The monoisotopic (exact) mass is 580 g/mol. The number of carbonyl (C=O) groups excluding carboxylic acids is 1. The summed E-state index contributed by atoms with van der Waals surface area (Å²) in [5.41, 5.74) is 5.04. The van der Waals surface area contributed by atoms with Crippen LogP contribution < -0.4 is 5.32 Å². The lowest BCUT2D eigenvalue weighted by Crippen LogP contribution is -2.31. The zero-order valence-corrected chi connectivity index (χ0v) is 23.8. The van der Waals surface area contributed by atoms with Gasteiger partial charge in [-0.1, -0.05) is 84.9 Å². The second kappa shape index (κ2) is 14.5. The number of aromatic hydroxyl groups is 1. The van der Waals surface area contributed by atoms with Crippen LogP contribution in [-0.4, -0.2) is 36.0 Å². The number of hydrogen-bond acceptors (Lipinski definition) is 7. The molecule has 0 spiro atoms. The fourth-order valence-electron chi connectivity index (χ4n) is 4.73. The number of anilines is 1. The average molecular weight is 581 g/mol. The van der Waals surface area contributed by atoms with Gasteiger partial charge >= 0.3 is 0 Å². The van der Waals surface area contributed by atoms with Gasteiger partial charge in [-0.2, -0.15) is 0 Å². The number of amides is 1. The van der Waals surface area contributed by atoms with E-state index >= 15 is 0 Å². The predicted octanol–water partition coefficient (Wildman–Crippen LogP) is 7.44. The molecule has 214 valence electrons. The van der Waals surface area contributed by atoms with E-state index in [2.05, 4.69) is 17.0 Å². The van der Waals surface area contributed by atoms with Gasteiger partial charge in [0.1, 0.15) is 17.4 Å². The number of nitrogens with zero attached hydrogens (tertiary/aromatic N) is 1. The van der Waals surface area contributed by atoms with Crippen molar-refractivity contribution in [3.05, 3.63) is 131 Å². The minimum absolute atomic E-state index is 0.126. The summed E-state index contributed by atoms with van der Waals surface area (Å²) in [6, 6.07) is 34.2. The minimum Gasteiger partial charge on any atom is -0.508 e. The van der Waals surface area contributed by atoms with Crippen molar-refractivity contribution in [1.82, 2.24) is 0 Å². The quantitative estimate of drug-likeness (QED) is 0.0452. The standard InChI is InChI=1S/C34H32N2O5S/c1-35-32(25-8-4-2-5-9-25)33(26-10-6-3-7-11-26)39-23-42-21-30-20-31(24-14-18-29(38)19-15-24)41-34(40-30)27-12-16-28(17-13-27)36-22-37/h2-19,22,30-31,34,38H,1,20-21,23H2,(H,36,37)/b33-32-. The Balaban J connectivity index is 1.30. The van der Waals surface area contributed by atoms with E-state index in [1.807, 2.05) is 97.1 Å². The van der Waals surface area contributed by atoms with E-state index in [0.29, 0.717) is 41.7 Å². The molecule has 4 aromatic rings. The maximum absolute atomic E-state index is 10.8. The topological polar surface area (TPSA) is 89.4 Å². The van der Waals surface area contributed by atoms with Gasteiger partial charge in [-0.05, 0) is 36.5 Å². The molecule has 1 fully saturated rings. The average Bonchev–Trinajstić information content (AvgIpc) is 3.04. The van der Waals surface area contributed by atoms with Crippen LogP contribution in [0, 0.1) is 0 Å². The van der Waals surface area contributed by atoms with E-state index in [-0.39, 0.29) is 18.0 Å². The molecule has 1 aliphatic heterocycles. The molecule has 1 amide bonds. The van der Waals surface area contributed by atoms with Crippen molar-refractivity contribution in [2.75, 3.05) is 17.0 Å². The van der Waals surface area contributed by atoms with E-state index in [1.165, 1.54) is 0 Å². The maximum Gasteiger partial charge on any atom is 0.211 e. The third kappa shape index (κ3) is 7.47. The van der Waals surface area contributed by atoms with Crippen LogP contribution in [0.3, 0.4) is 0 Å². The first kappa shape index (κ1) is 29.1. The van der Waals surface area contributed by atoms with Gasteiger partial charge in [0, 0.05) is 34.6 Å². The number of phenols is 1. The summed E-state index contributed by atoms with van der Waals surface area (Å²) in [4.78, 5) is 15.1. The molecule has 0 aromatic heterocycles. The highest BCUT2D eigenvalue weighted by molar-refractivity contribution is 7.99. The molecule has 1 aliphatic rings. The second-order valence-corrected chi connectivity index (χ2v) is 10.6. The highest BCUT2D eigenvalue weighted by Gasteiger charge is 2.32. The molecule has 0 aliphatic carbocycles. The van der Waals surface area contributed by atoms with Crippen LogP contribution in [0.5, 0.6) is 5.75 Å². The highest BCUT2D eigenvalue weighted by atomic mass is 32.2. The summed E-state index contributed by atoms with van der Waals surface area (Å²) in [7, 11) is 0. The van der Waals surface area contributed by atoms with Crippen LogP contribution in [0.4, 0.5) is 5.69 Å². The Kier molecular flexibility index (Phi) is 10.1. The Morgan fingerprint density at radius 1 is 0.905 bits per heavy atom. The summed E-state index contributed by atoms with van der Waals surface area (Å²) >= 11 is 1.62. The number of hydrogen-bond donors (Lipinski definition) is 2. The zero-order chi connectivity index (χ0) is 29.1. The van der Waals surface area contributed by atoms with Crippen molar-refractivity contribution in [1.29, 1.82) is 0 Å². The lowest BCUT2D eigenvalue weighted by atomic mass is 10.0. The van der Waals surface area contributed by atoms with Crippen LogP contribution in [0.15, 0.2) is 114 Å². The molecule has 1 heterocycles. The number of thioether (sulfide) groups is 1. The fourth-order valence-corrected chi connectivity index (χ4v) is 5.50. The van der Waals surface area contributed by atoms with Gasteiger partial charge in [0.25, 0.3) is 0 Å². The third-order valence-electron chi connectivity index (χ3n) is 6.80. The van der Waals surface area contributed by atoms with Gasteiger partial charge in [-0.25, -0.2) is 0 Å². The van der Waals surface area contributed by atoms with Gasteiger partial charge in [0.05, 0.1) is 12.2 Å². The normalized spacial score (nSPS) is 18.9. The molecule has 3 atom stereocenters. The summed E-state index contributed by atoms with van der Waals surface area (Å²) in [6.45, 7) is 3.82. The largest absolute Gasteiger partial charge is 0.508 e. The summed E-state index contributed by atoms with van der Waals surface area (Å²) in [5.74, 6) is 1.93. The zero-order valence-electron chi connectivity index (χ0n) is 23.0. The lowest BCUT2D eigenvalue weighted by Gasteiger charge is -2.36. The maximum atomic E-state index is 10.8. The van der Waals surface area contributed by atoms with Crippen LogP contribution in [0.25, 0.3) is 11.5 Å². The molecule has 42 heavy (non-hydrogen) atoms. The molecule has 2 N–H and O–H groups in total. The minimum atomic E-state index is -0.594. The molecular weight excluding hydrogens is 548 g/mol. The first-order chi connectivity index (χ1) is 20.6.